The van der Waals surface area contributed by atoms with E-state index in [4.69, 9.17) is 4.74 Å². The summed E-state index contributed by atoms with van der Waals surface area (Å²) in [6, 6.07) is 11.7. The summed E-state index contributed by atoms with van der Waals surface area (Å²) in [5.41, 5.74) is 2.06. The van der Waals surface area contributed by atoms with Gasteiger partial charge in [0, 0.05) is 22.7 Å². The molecule has 0 N–H and O–H groups in total. The molecule has 1 aromatic heterocycles. The first kappa shape index (κ1) is 16.5. The van der Waals surface area contributed by atoms with Crippen molar-refractivity contribution >= 4 is 35.0 Å². The first-order chi connectivity index (χ1) is 11.6. The molecule has 3 rings (SSSR count). The lowest BCUT2D eigenvalue weighted by atomic mass is 10.1. The van der Waals surface area contributed by atoms with Crippen molar-refractivity contribution in [3.63, 3.8) is 0 Å². The molecule has 0 unspecified atom stereocenters. The number of fused-ring (bicyclic) bond motifs is 1. The Morgan fingerprint density at radius 3 is 2.83 bits per heavy atom. The van der Waals surface area contributed by atoms with Gasteiger partial charge in [-0.1, -0.05) is 24.3 Å². The predicted molar refractivity (Wildman–Crippen MR) is 96.0 cm³/mol. The van der Waals surface area contributed by atoms with E-state index in [1.54, 1.807) is 17.9 Å². The topological polar surface area (TPSA) is 46.6 Å². The highest BCUT2D eigenvalue weighted by atomic mass is 32.1. The summed E-state index contributed by atoms with van der Waals surface area (Å²) < 4.78 is 5.27. The summed E-state index contributed by atoms with van der Waals surface area (Å²) in [5.74, 6) is -0.699. The average Bonchev–Trinajstić information content (AvgIpc) is 3.18. The molecular formula is C19H19NO3S. The minimum atomic E-state index is -0.820. The molecule has 1 aliphatic rings. The lowest BCUT2D eigenvalue weighted by Crippen LogP contribution is -2.43. The van der Waals surface area contributed by atoms with Crippen LogP contribution in [0.1, 0.15) is 24.3 Å². The molecule has 1 amide bonds. The number of para-hydroxylation sites is 1. The Labute approximate surface area is 145 Å². The smallest absolute Gasteiger partial charge is 0.331 e. The van der Waals surface area contributed by atoms with E-state index in [-0.39, 0.29) is 11.9 Å². The SMILES string of the molecule is C[C@@H](OC(=O)/C=C/c1cccs1)C(=O)N1c2ccccc2C[C@@H]1C. The number of anilines is 1. The van der Waals surface area contributed by atoms with E-state index in [0.29, 0.717) is 0 Å². The largest absolute Gasteiger partial charge is 0.449 e. The van der Waals surface area contributed by atoms with Crippen molar-refractivity contribution in [1.82, 2.24) is 0 Å². The molecule has 0 saturated heterocycles. The molecule has 0 aliphatic carbocycles. The fraction of sp³-hybridized carbons (Fsp3) is 0.263. The Balaban J connectivity index is 1.66. The lowest BCUT2D eigenvalue weighted by molar-refractivity contribution is -0.149. The van der Waals surface area contributed by atoms with E-state index in [1.807, 2.05) is 48.7 Å². The zero-order valence-corrected chi connectivity index (χ0v) is 14.5. The molecule has 5 heteroatoms. The molecule has 24 heavy (non-hydrogen) atoms. The van der Waals surface area contributed by atoms with E-state index in [1.165, 1.54) is 17.4 Å². The second-order valence-corrected chi connectivity index (χ2v) is 6.80. The molecule has 0 radical (unpaired) electrons. The van der Waals surface area contributed by atoms with Gasteiger partial charge in [-0.3, -0.25) is 4.79 Å². The van der Waals surface area contributed by atoms with Gasteiger partial charge in [-0.15, -0.1) is 11.3 Å². The third kappa shape index (κ3) is 3.41. The maximum absolute atomic E-state index is 12.7. The maximum Gasteiger partial charge on any atom is 0.331 e. The summed E-state index contributed by atoms with van der Waals surface area (Å²) in [5, 5.41) is 1.93. The van der Waals surface area contributed by atoms with E-state index >= 15 is 0 Å². The van der Waals surface area contributed by atoms with Crippen LogP contribution >= 0.6 is 11.3 Å². The fourth-order valence-corrected chi connectivity index (χ4v) is 3.52. The van der Waals surface area contributed by atoms with E-state index in [2.05, 4.69) is 0 Å². The Morgan fingerprint density at radius 1 is 1.29 bits per heavy atom. The average molecular weight is 341 g/mol. The van der Waals surface area contributed by atoms with Crippen molar-refractivity contribution in [2.45, 2.75) is 32.4 Å². The Bertz CT molecular complexity index is 767. The highest BCUT2D eigenvalue weighted by Crippen LogP contribution is 2.32. The van der Waals surface area contributed by atoms with Gasteiger partial charge in [0.25, 0.3) is 5.91 Å². The number of nitrogens with zero attached hydrogens (tertiary/aromatic N) is 1. The van der Waals surface area contributed by atoms with Gasteiger partial charge in [0.05, 0.1) is 0 Å². The van der Waals surface area contributed by atoms with Crippen molar-refractivity contribution < 1.29 is 14.3 Å². The van der Waals surface area contributed by atoms with Crippen LogP contribution in [0.4, 0.5) is 5.69 Å². The second kappa shape index (κ2) is 7.01. The van der Waals surface area contributed by atoms with Gasteiger partial charge in [-0.05, 0) is 49.4 Å². The van der Waals surface area contributed by atoms with Crippen LogP contribution in [0.5, 0.6) is 0 Å². The molecule has 0 saturated carbocycles. The first-order valence-electron chi connectivity index (χ1n) is 7.89. The fourth-order valence-electron chi connectivity index (χ4n) is 2.90. The number of carbonyl (C=O) groups is 2. The quantitative estimate of drug-likeness (QED) is 0.630. The first-order valence-corrected chi connectivity index (χ1v) is 8.77. The van der Waals surface area contributed by atoms with E-state index < -0.39 is 12.1 Å². The highest BCUT2D eigenvalue weighted by Gasteiger charge is 2.34. The summed E-state index contributed by atoms with van der Waals surface area (Å²) in [7, 11) is 0. The molecule has 2 aromatic rings. The van der Waals surface area contributed by atoms with Crippen LogP contribution in [-0.4, -0.2) is 24.0 Å². The van der Waals surface area contributed by atoms with Crippen molar-refractivity contribution in [3.8, 4) is 0 Å². The molecule has 0 bridgehead atoms. The Kier molecular flexibility index (Phi) is 4.81. The third-order valence-corrected chi connectivity index (χ3v) is 4.85. The number of esters is 1. The molecule has 124 valence electrons. The monoisotopic (exact) mass is 341 g/mol. The van der Waals surface area contributed by atoms with Crippen LogP contribution in [0, 0.1) is 0 Å². The van der Waals surface area contributed by atoms with Gasteiger partial charge in [0.15, 0.2) is 6.10 Å². The van der Waals surface area contributed by atoms with Crippen molar-refractivity contribution in [2.75, 3.05) is 4.90 Å². The summed E-state index contributed by atoms with van der Waals surface area (Å²) >= 11 is 1.53. The number of ether oxygens (including phenoxy) is 1. The van der Waals surface area contributed by atoms with Gasteiger partial charge < -0.3 is 9.64 Å². The standard InChI is InChI=1S/C19H19NO3S/c1-13-12-15-6-3-4-8-17(15)20(13)19(22)14(2)23-18(21)10-9-16-7-5-11-24-16/h3-11,13-14H,12H2,1-2H3/b10-9+/t13-,14+/m0/s1. The third-order valence-electron chi connectivity index (χ3n) is 4.01. The number of thiophene rings is 1. The van der Waals surface area contributed by atoms with E-state index in [9.17, 15) is 9.59 Å². The minimum absolute atomic E-state index is 0.0673. The molecule has 2 heterocycles. The highest BCUT2D eigenvalue weighted by molar-refractivity contribution is 7.10. The van der Waals surface area contributed by atoms with Gasteiger partial charge >= 0.3 is 5.97 Å². The Hall–Kier alpha value is -2.40. The van der Waals surface area contributed by atoms with Crippen LogP contribution < -0.4 is 4.90 Å². The number of rotatable bonds is 4. The summed E-state index contributed by atoms with van der Waals surface area (Å²) in [6.45, 7) is 3.62. The molecule has 0 fully saturated rings. The zero-order chi connectivity index (χ0) is 17.1. The van der Waals surface area contributed by atoms with Crippen molar-refractivity contribution in [3.05, 3.63) is 58.3 Å². The number of amides is 1. The second-order valence-electron chi connectivity index (χ2n) is 5.82. The number of carbonyl (C=O) groups excluding carboxylic acids is 2. The van der Waals surface area contributed by atoms with Crippen molar-refractivity contribution in [1.29, 1.82) is 0 Å². The molecular weight excluding hydrogens is 322 g/mol. The molecule has 1 aromatic carbocycles. The maximum atomic E-state index is 12.7. The van der Waals surface area contributed by atoms with Crippen LogP contribution in [-0.2, 0) is 20.7 Å². The summed E-state index contributed by atoms with van der Waals surface area (Å²) in [4.78, 5) is 27.3. The van der Waals surface area contributed by atoms with Crippen LogP contribution in [0.15, 0.2) is 47.9 Å². The normalized spacial score (nSPS) is 17.8. The van der Waals surface area contributed by atoms with Crippen molar-refractivity contribution in [2.24, 2.45) is 0 Å². The van der Waals surface area contributed by atoms with Gasteiger partial charge in [0.2, 0.25) is 0 Å². The number of hydrogen-bond acceptors (Lipinski definition) is 4. The Morgan fingerprint density at radius 2 is 2.08 bits per heavy atom. The minimum Gasteiger partial charge on any atom is -0.449 e. The van der Waals surface area contributed by atoms with Gasteiger partial charge in [0.1, 0.15) is 0 Å². The predicted octanol–water partition coefficient (Wildman–Crippen LogP) is 3.67. The van der Waals surface area contributed by atoms with Crippen LogP contribution in [0.3, 0.4) is 0 Å². The zero-order valence-electron chi connectivity index (χ0n) is 13.6. The van der Waals surface area contributed by atoms with Crippen LogP contribution in [0.2, 0.25) is 0 Å². The lowest BCUT2D eigenvalue weighted by Gasteiger charge is -2.25. The van der Waals surface area contributed by atoms with Gasteiger partial charge in [-0.2, -0.15) is 0 Å². The summed E-state index contributed by atoms with van der Waals surface area (Å²) in [6.07, 6.45) is 3.05. The van der Waals surface area contributed by atoms with Crippen LogP contribution in [0.25, 0.3) is 6.08 Å². The number of hydrogen-bond donors (Lipinski definition) is 0. The van der Waals surface area contributed by atoms with Gasteiger partial charge in [-0.25, -0.2) is 4.79 Å². The molecule has 2 atom stereocenters. The molecule has 1 aliphatic heterocycles. The molecule has 4 nitrogen and oxygen atoms in total. The van der Waals surface area contributed by atoms with E-state index in [0.717, 1.165) is 22.5 Å². The molecule has 0 spiro atoms. The number of benzene rings is 1.